The molecule has 2 heterocycles. The van der Waals surface area contributed by atoms with E-state index in [0.717, 1.165) is 10.1 Å². The maximum Gasteiger partial charge on any atom is 0.263 e. The van der Waals surface area contributed by atoms with Gasteiger partial charge in [-0.3, -0.25) is 9.78 Å². The van der Waals surface area contributed by atoms with E-state index in [4.69, 9.17) is 10.5 Å². The van der Waals surface area contributed by atoms with Gasteiger partial charge in [-0.1, -0.05) is 0 Å². The molecule has 1 amide bonds. The number of carbonyl (C=O) groups is 1. The lowest BCUT2D eigenvalue weighted by atomic mass is 10.2. The number of fused-ring (bicyclic) bond motifs is 1. The fourth-order valence-corrected chi connectivity index (χ4v) is 2.69. The molecule has 0 saturated carbocycles. The van der Waals surface area contributed by atoms with Gasteiger partial charge in [0.15, 0.2) is 0 Å². The number of aromatic nitrogens is 1. The number of ether oxygens (including phenoxy) is 1. The van der Waals surface area contributed by atoms with Crippen molar-refractivity contribution in [2.45, 2.75) is 20.0 Å². The van der Waals surface area contributed by atoms with E-state index in [1.807, 2.05) is 19.9 Å². The van der Waals surface area contributed by atoms with Crippen LogP contribution in [0.5, 0.6) is 0 Å². The number of hydrogen-bond acceptors (Lipinski definition) is 5. The third-order valence-electron chi connectivity index (χ3n) is 2.58. The lowest BCUT2D eigenvalue weighted by Gasteiger charge is -2.08. The van der Waals surface area contributed by atoms with E-state index in [2.05, 4.69) is 10.3 Å². The first-order valence-electron chi connectivity index (χ1n) is 6.11. The molecule has 2 aromatic rings. The van der Waals surface area contributed by atoms with Gasteiger partial charge < -0.3 is 15.8 Å². The molecule has 3 N–H and O–H groups in total. The zero-order chi connectivity index (χ0) is 13.8. The molecule has 19 heavy (non-hydrogen) atoms. The van der Waals surface area contributed by atoms with Crippen LogP contribution in [-0.4, -0.2) is 30.1 Å². The first-order chi connectivity index (χ1) is 9.09. The number of nitrogens with zero attached hydrogens (tertiary/aromatic N) is 1. The summed E-state index contributed by atoms with van der Waals surface area (Å²) in [6, 6.07) is 1.82. The summed E-state index contributed by atoms with van der Waals surface area (Å²) < 4.78 is 6.28. The number of rotatable bonds is 5. The maximum absolute atomic E-state index is 12.0. The number of nitrogens with one attached hydrogen (secondary N) is 1. The van der Waals surface area contributed by atoms with Gasteiger partial charge in [-0.25, -0.2) is 0 Å². The van der Waals surface area contributed by atoms with Crippen LogP contribution in [0.3, 0.4) is 0 Å². The third kappa shape index (κ3) is 3.21. The Morgan fingerprint density at radius 2 is 2.37 bits per heavy atom. The van der Waals surface area contributed by atoms with Crippen molar-refractivity contribution < 1.29 is 9.53 Å². The van der Waals surface area contributed by atoms with Crippen LogP contribution in [0.15, 0.2) is 18.5 Å². The number of amides is 1. The average molecular weight is 279 g/mol. The van der Waals surface area contributed by atoms with E-state index < -0.39 is 0 Å². The molecule has 0 fully saturated rings. The summed E-state index contributed by atoms with van der Waals surface area (Å²) in [5.74, 6) is -0.161. The minimum Gasteiger partial charge on any atom is -0.397 e. The van der Waals surface area contributed by atoms with E-state index in [-0.39, 0.29) is 12.0 Å². The van der Waals surface area contributed by atoms with Crippen molar-refractivity contribution in [2.75, 3.05) is 18.9 Å². The van der Waals surface area contributed by atoms with E-state index in [0.29, 0.717) is 23.7 Å². The summed E-state index contributed by atoms with van der Waals surface area (Å²) in [5.41, 5.74) is 6.50. The molecular weight excluding hydrogens is 262 g/mol. The van der Waals surface area contributed by atoms with Gasteiger partial charge in [0.2, 0.25) is 0 Å². The van der Waals surface area contributed by atoms with Crippen LogP contribution >= 0.6 is 11.3 Å². The van der Waals surface area contributed by atoms with E-state index in [9.17, 15) is 4.79 Å². The number of nitrogen functional groups attached to an aromatic ring is 1. The van der Waals surface area contributed by atoms with Crippen LogP contribution in [-0.2, 0) is 4.74 Å². The van der Waals surface area contributed by atoms with Crippen molar-refractivity contribution in [1.82, 2.24) is 10.3 Å². The van der Waals surface area contributed by atoms with Crippen LogP contribution in [0.25, 0.3) is 10.1 Å². The highest BCUT2D eigenvalue weighted by atomic mass is 32.1. The lowest BCUT2D eigenvalue weighted by Crippen LogP contribution is -2.27. The number of nitrogens with two attached hydrogens (primary N) is 1. The van der Waals surface area contributed by atoms with Gasteiger partial charge in [-0.05, 0) is 19.9 Å². The first-order valence-corrected chi connectivity index (χ1v) is 6.93. The van der Waals surface area contributed by atoms with Crippen molar-refractivity contribution in [3.05, 3.63) is 23.3 Å². The number of hydrogen-bond donors (Lipinski definition) is 2. The van der Waals surface area contributed by atoms with Gasteiger partial charge >= 0.3 is 0 Å². The Kier molecular flexibility index (Phi) is 4.34. The average Bonchev–Trinajstić information content (AvgIpc) is 2.72. The summed E-state index contributed by atoms with van der Waals surface area (Å²) in [6.45, 7) is 4.89. The van der Waals surface area contributed by atoms with Crippen LogP contribution in [0.2, 0.25) is 0 Å². The second-order valence-electron chi connectivity index (χ2n) is 4.39. The van der Waals surface area contributed by atoms with Gasteiger partial charge in [0, 0.05) is 24.3 Å². The van der Waals surface area contributed by atoms with E-state index in [1.54, 1.807) is 12.4 Å². The highest BCUT2D eigenvalue weighted by molar-refractivity contribution is 7.21. The van der Waals surface area contributed by atoms with Crippen LogP contribution < -0.4 is 11.1 Å². The van der Waals surface area contributed by atoms with Gasteiger partial charge in [0.25, 0.3) is 5.91 Å². The van der Waals surface area contributed by atoms with Crippen LogP contribution in [0.1, 0.15) is 23.5 Å². The molecule has 0 bridgehead atoms. The number of carbonyl (C=O) groups excluding carboxylic acids is 1. The quantitative estimate of drug-likeness (QED) is 0.821. The topological polar surface area (TPSA) is 77.2 Å². The monoisotopic (exact) mass is 279 g/mol. The van der Waals surface area contributed by atoms with Gasteiger partial charge in [-0.2, -0.15) is 0 Å². The van der Waals surface area contributed by atoms with Gasteiger partial charge in [0.1, 0.15) is 4.88 Å². The maximum atomic E-state index is 12.0. The molecule has 0 radical (unpaired) electrons. The Balaban J connectivity index is 2.03. The molecule has 0 spiro atoms. The predicted molar refractivity (Wildman–Crippen MR) is 77.5 cm³/mol. The zero-order valence-corrected chi connectivity index (χ0v) is 11.8. The minimum atomic E-state index is -0.161. The Hall–Kier alpha value is -1.66. The molecular formula is C13H17N3O2S. The summed E-state index contributed by atoms with van der Waals surface area (Å²) in [5, 5.41) is 3.68. The summed E-state index contributed by atoms with van der Waals surface area (Å²) >= 11 is 1.36. The summed E-state index contributed by atoms with van der Waals surface area (Å²) in [4.78, 5) is 16.6. The molecule has 0 aromatic carbocycles. The minimum absolute atomic E-state index is 0.161. The molecule has 2 rings (SSSR count). The second kappa shape index (κ2) is 5.99. The molecule has 0 aliphatic heterocycles. The van der Waals surface area contributed by atoms with Crippen molar-refractivity contribution >= 4 is 33.0 Å². The predicted octanol–water partition coefficient (Wildman–Crippen LogP) is 2.03. The Morgan fingerprint density at radius 3 is 3.05 bits per heavy atom. The van der Waals surface area contributed by atoms with E-state index in [1.165, 1.54) is 11.3 Å². The van der Waals surface area contributed by atoms with E-state index >= 15 is 0 Å². The van der Waals surface area contributed by atoms with Gasteiger partial charge in [0.05, 0.1) is 23.1 Å². The molecule has 0 unspecified atom stereocenters. The molecule has 5 nitrogen and oxygen atoms in total. The SMILES string of the molecule is CC(C)OCCNC(=O)c1sc2cnccc2c1N. The first kappa shape index (κ1) is 13.8. The van der Waals surface area contributed by atoms with Gasteiger partial charge in [-0.15, -0.1) is 11.3 Å². The standard InChI is InChI=1S/C13H17N3O2S/c1-8(2)18-6-5-16-13(17)12-11(14)9-3-4-15-7-10(9)19-12/h3-4,7-8H,5-6,14H2,1-2H3,(H,16,17). The Morgan fingerprint density at radius 1 is 1.58 bits per heavy atom. The van der Waals surface area contributed by atoms with Crippen LogP contribution in [0, 0.1) is 0 Å². The molecule has 102 valence electrons. The third-order valence-corrected chi connectivity index (χ3v) is 3.73. The second-order valence-corrected chi connectivity index (χ2v) is 5.44. The highest BCUT2D eigenvalue weighted by Crippen LogP contribution is 2.32. The Labute approximate surface area is 115 Å². The largest absolute Gasteiger partial charge is 0.397 e. The fraction of sp³-hybridized carbons (Fsp3) is 0.385. The number of anilines is 1. The summed E-state index contributed by atoms with van der Waals surface area (Å²) in [7, 11) is 0. The normalized spacial score (nSPS) is 11.1. The molecule has 0 aliphatic rings. The zero-order valence-electron chi connectivity index (χ0n) is 11.0. The van der Waals surface area contributed by atoms with Crippen molar-refractivity contribution in [2.24, 2.45) is 0 Å². The molecule has 0 aliphatic carbocycles. The van der Waals surface area contributed by atoms with Crippen molar-refractivity contribution in [3.8, 4) is 0 Å². The number of pyridine rings is 1. The molecule has 6 heteroatoms. The van der Waals surface area contributed by atoms with Crippen LogP contribution in [0.4, 0.5) is 5.69 Å². The summed E-state index contributed by atoms with van der Waals surface area (Å²) in [6.07, 6.45) is 3.55. The fourth-order valence-electron chi connectivity index (χ4n) is 1.68. The molecule has 0 atom stereocenters. The van der Waals surface area contributed by atoms with Crippen molar-refractivity contribution in [3.63, 3.8) is 0 Å². The molecule has 2 aromatic heterocycles. The highest BCUT2D eigenvalue weighted by Gasteiger charge is 2.15. The van der Waals surface area contributed by atoms with Crippen molar-refractivity contribution in [1.29, 1.82) is 0 Å². The number of thiophene rings is 1. The molecule has 0 saturated heterocycles. The lowest BCUT2D eigenvalue weighted by molar-refractivity contribution is 0.0748. The smallest absolute Gasteiger partial charge is 0.263 e. The Bertz CT molecular complexity index is 580.